The van der Waals surface area contributed by atoms with E-state index in [1.807, 2.05) is 0 Å². The molecule has 1 rings (SSSR count). The standard InChI is InChI=1S/C15H26ClNO4/c1-14(2,3)21-13(19)17-15(12(18)20-11-16)9-7-5-4-6-8-10-15/h4-11H2,1-3H3,(H,17,19). The van der Waals surface area contributed by atoms with Gasteiger partial charge in [0, 0.05) is 0 Å². The lowest BCUT2D eigenvalue weighted by Crippen LogP contribution is -2.56. The third-order valence-electron chi connectivity index (χ3n) is 3.52. The summed E-state index contributed by atoms with van der Waals surface area (Å²) in [7, 11) is 0. The van der Waals surface area contributed by atoms with E-state index in [0.717, 1.165) is 32.1 Å². The van der Waals surface area contributed by atoms with Gasteiger partial charge in [-0.05, 0) is 33.6 Å². The van der Waals surface area contributed by atoms with Crippen LogP contribution in [0, 0.1) is 0 Å². The van der Waals surface area contributed by atoms with E-state index in [2.05, 4.69) is 5.32 Å². The van der Waals surface area contributed by atoms with E-state index >= 15 is 0 Å². The van der Waals surface area contributed by atoms with Crippen LogP contribution in [0.2, 0.25) is 0 Å². The molecular weight excluding hydrogens is 294 g/mol. The summed E-state index contributed by atoms with van der Waals surface area (Å²) in [5, 5.41) is 2.75. The molecule has 0 aromatic rings. The molecular formula is C15H26ClNO4. The number of carbonyl (C=O) groups excluding carboxylic acids is 2. The number of amides is 1. The summed E-state index contributed by atoms with van der Waals surface area (Å²) in [5.74, 6) is -0.467. The van der Waals surface area contributed by atoms with Gasteiger partial charge in [0.25, 0.3) is 0 Å². The molecule has 1 saturated carbocycles. The lowest BCUT2D eigenvalue weighted by Gasteiger charge is -2.34. The molecule has 1 aliphatic rings. The normalized spacial score (nSPS) is 19.0. The second-order valence-corrected chi connectivity index (χ2v) is 6.74. The Kier molecular flexibility index (Phi) is 6.78. The molecule has 1 N–H and O–H groups in total. The Hall–Kier alpha value is -0.970. The number of alkyl halides is 1. The zero-order valence-corrected chi connectivity index (χ0v) is 13.9. The lowest BCUT2D eigenvalue weighted by molar-refractivity contribution is -0.150. The maximum Gasteiger partial charge on any atom is 0.408 e. The highest BCUT2D eigenvalue weighted by Crippen LogP contribution is 2.28. The van der Waals surface area contributed by atoms with Crippen molar-refractivity contribution in [3.8, 4) is 0 Å². The van der Waals surface area contributed by atoms with E-state index in [1.165, 1.54) is 0 Å². The summed E-state index contributed by atoms with van der Waals surface area (Å²) < 4.78 is 10.2. The monoisotopic (exact) mass is 319 g/mol. The number of hydrogen-bond acceptors (Lipinski definition) is 4. The first kappa shape index (κ1) is 18.1. The van der Waals surface area contributed by atoms with Gasteiger partial charge in [-0.3, -0.25) is 0 Å². The van der Waals surface area contributed by atoms with E-state index in [0.29, 0.717) is 12.8 Å². The molecule has 0 aliphatic heterocycles. The van der Waals surface area contributed by atoms with Crippen molar-refractivity contribution in [2.75, 3.05) is 6.07 Å². The van der Waals surface area contributed by atoms with Crippen molar-refractivity contribution in [1.82, 2.24) is 5.32 Å². The Balaban J connectivity index is 2.84. The van der Waals surface area contributed by atoms with Crippen LogP contribution in [0.4, 0.5) is 4.79 Å². The molecule has 1 amide bonds. The number of esters is 1. The topological polar surface area (TPSA) is 64.6 Å². The van der Waals surface area contributed by atoms with Crippen LogP contribution in [0.5, 0.6) is 0 Å². The van der Waals surface area contributed by atoms with Gasteiger partial charge in [-0.15, -0.1) is 0 Å². The molecule has 5 nitrogen and oxygen atoms in total. The molecule has 0 unspecified atom stereocenters. The lowest BCUT2D eigenvalue weighted by atomic mass is 9.84. The summed E-state index contributed by atoms with van der Waals surface area (Å²) in [5.41, 5.74) is -1.62. The predicted molar refractivity (Wildman–Crippen MR) is 81.2 cm³/mol. The van der Waals surface area contributed by atoms with Gasteiger partial charge in [0.2, 0.25) is 0 Å². The zero-order valence-electron chi connectivity index (χ0n) is 13.2. The van der Waals surface area contributed by atoms with Crippen LogP contribution in [0.3, 0.4) is 0 Å². The number of ether oxygens (including phenoxy) is 2. The summed E-state index contributed by atoms with van der Waals surface area (Å²) in [6.07, 6.45) is 5.52. The molecule has 0 radical (unpaired) electrons. The number of halogens is 1. The highest BCUT2D eigenvalue weighted by Gasteiger charge is 2.42. The Bertz CT molecular complexity index is 357. The molecule has 0 bridgehead atoms. The number of nitrogens with one attached hydrogen (secondary N) is 1. The minimum absolute atomic E-state index is 0.212. The van der Waals surface area contributed by atoms with Crippen molar-refractivity contribution in [3.63, 3.8) is 0 Å². The van der Waals surface area contributed by atoms with Crippen molar-refractivity contribution in [2.45, 2.75) is 76.9 Å². The molecule has 21 heavy (non-hydrogen) atoms. The molecule has 1 aliphatic carbocycles. The van der Waals surface area contributed by atoms with Crippen molar-refractivity contribution < 1.29 is 19.1 Å². The Morgan fingerprint density at radius 1 is 1.10 bits per heavy atom. The maximum atomic E-state index is 12.3. The first-order valence-electron chi connectivity index (χ1n) is 7.53. The molecule has 0 atom stereocenters. The first-order chi connectivity index (χ1) is 9.79. The molecule has 0 aromatic carbocycles. The van der Waals surface area contributed by atoms with E-state index < -0.39 is 23.2 Å². The second-order valence-electron chi connectivity index (χ2n) is 6.52. The molecule has 6 heteroatoms. The minimum atomic E-state index is -1.02. The SMILES string of the molecule is CC(C)(C)OC(=O)NC1(C(=O)OCCl)CCCCCCC1. The fourth-order valence-electron chi connectivity index (χ4n) is 2.58. The van der Waals surface area contributed by atoms with Crippen molar-refractivity contribution >= 4 is 23.7 Å². The van der Waals surface area contributed by atoms with Gasteiger partial charge < -0.3 is 14.8 Å². The van der Waals surface area contributed by atoms with Gasteiger partial charge in [0.1, 0.15) is 11.1 Å². The minimum Gasteiger partial charge on any atom is -0.448 e. The molecule has 0 saturated heterocycles. The van der Waals surface area contributed by atoms with Crippen LogP contribution in [0.25, 0.3) is 0 Å². The van der Waals surface area contributed by atoms with Gasteiger partial charge >= 0.3 is 12.1 Å². The van der Waals surface area contributed by atoms with E-state index in [9.17, 15) is 9.59 Å². The number of hydrogen-bond donors (Lipinski definition) is 1. The van der Waals surface area contributed by atoms with Gasteiger partial charge in [0.05, 0.1) is 0 Å². The largest absolute Gasteiger partial charge is 0.448 e. The third-order valence-corrected chi connectivity index (χ3v) is 3.63. The quantitative estimate of drug-likeness (QED) is 0.636. The summed E-state index contributed by atoms with van der Waals surface area (Å²) in [6, 6.07) is -0.212. The molecule has 0 heterocycles. The Labute approximate surface area is 131 Å². The third kappa shape index (κ3) is 6.12. The van der Waals surface area contributed by atoms with Gasteiger partial charge in [-0.25, -0.2) is 9.59 Å². The van der Waals surface area contributed by atoms with E-state index in [1.54, 1.807) is 20.8 Å². The molecule has 122 valence electrons. The predicted octanol–water partition coefficient (Wildman–Crippen LogP) is 3.73. The van der Waals surface area contributed by atoms with E-state index in [-0.39, 0.29) is 6.07 Å². The highest BCUT2D eigenvalue weighted by atomic mass is 35.5. The highest BCUT2D eigenvalue weighted by molar-refractivity contribution is 6.17. The summed E-state index contributed by atoms with van der Waals surface area (Å²) in [6.45, 7) is 5.36. The maximum absolute atomic E-state index is 12.3. The molecule has 1 fully saturated rings. The fraction of sp³-hybridized carbons (Fsp3) is 0.867. The number of carbonyl (C=O) groups is 2. The van der Waals surface area contributed by atoms with Crippen LogP contribution in [0.1, 0.15) is 65.7 Å². The fourth-order valence-corrected chi connectivity index (χ4v) is 2.67. The summed E-state index contributed by atoms with van der Waals surface area (Å²) >= 11 is 5.51. The summed E-state index contributed by atoms with van der Waals surface area (Å²) in [4.78, 5) is 24.4. The van der Waals surface area contributed by atoms with Crippen LogP contribution >= 0.6 is 11.6 Å². The van der Waals surface area contributed by atoms with Crippen LogP contribution in [-0.2, 0) is 14.3 Å². The van der Waals surface area contributed by atoms with Crippen LogP contribution in [-0.4, -0.2) is 29.3 Å². The second kappa shape index (κ2) is 7.87. The average molecular weight is 320 g/mol. The van der Waals surface area contributed by atoms with Crippen molar-refractivity contribution in [1.29, 1.82) is 0 Å². The van der Waals surface area contributed by atoms with Crippen LogP contribution in [0.15, 0.2) is 0 Å². The number of alkyl carbamates (subject to hydrolysis) is 1. The van der Waals surface area contributed by atoms with Gasteiger partial charge in [-0.2, -0.15) is 0 Å². The first-order valence-corrected chi connectivity index (χ1v) is 8.07. The van der Waals surface area contributed by atoms with Crippen molar-refractivity contribution in [2.24, 2.45) is 0 Å². The Morgan fingerprint density at radius 3 is 2.10 bits per heavy atom. The average Bonchev–Trinajstić information content (AvgIpc) is 2.30. The molecule has 0 aromatic heterocycles. The van der Waals surface area contributed by atoms with Crippen LogP contribution < -0.4 is 5.32 Å². The van der Waals surface area contributed by atoms with Gasteiger partial charge in [0.15, 0.2) is 6.07 Å². The van der Waals surface area contributed by atoms with Gasteiger partial charge in [-0.1, -0.05) is 43.7 Å². The van der Waals surface area contributed by atoms with E-state index in [4.69, 9.17) is 21.1 Å². The smallest absolute Gasteiger partial charge is 0.408 e. The number of rotatable bonds is 3. The zero-order chi connectivity index (χ0) is 15.9. The Morgan fingerprint density at radius 2 is 1.62 bits per heavy atom. The van der Waals surface area contributed by atoms with Crippen molar-refractivity contribution in [3.05, 3.63) is 0 Å². The molecule has 0 spiro atoms.